The third kappa shape index (κ3) is 1.45. The van der Waals surface area contributed by atoms with Crippen LogP contribution in [0, 0.1) is 0 Å². The molecule has 0 aliphatic rings. The van der Waals surface area contributed by atoms with Crippen molar-refractivity contribution in [1.29, 1.82) is 0 Å². The molecular formula is C8H7N5. The Balaban J connectivity index is 2.43. The molecule has 2 aromatic rings. The summed E-state index contributed by atoms with van der Waals surface area (Å²) in [6.45, 7) is 0.304. The Morgan fingerprint density at radius 2 is 2.46 bits per heavy atom. The van der Waals surface area contributed by atoms with Crippen molar-refractivity contribution >= 4 is 5.65 Å². The van der Waals surface area contributed by atoms with Gasteiger partial charge in [0.25, 0.3) is 0 Å². The molecule has 0 N–H and O–H groups in total. The summed E-state index contributed by atoms with van der Waals surface area (Å²) in [4.78, 5) is 6.93. The maximum Gasteiger partial charge on any atom is 0.136 e. The summed E-state index contributed by atoms with van der Waals surface area (Å²) in [6.07, 6.45) is 3.76. The smallest absolute Gasteiger partial charge is 0.136 e. The second-order valence-electron chi connectivity index (χ2n) is 2.59. The van der Waals surface area contributed by atoms with Crippen LogP contribution in [0.25, 0.3) is 16.1 Å². The highest BCUT2D eigenvalue weighted by atomic mass is 15.1. The van der Waals surface area contributed by atoms with Crippen molar-refractivity contribution in [3.8, 4) is 0 Å². The zero-order valence-electron chi connectivity index (χ0n) is 6.83. The van der Waals surface area contributed by atoms with E-state index in [1.165, 1.54) is 0 Å². The van der Waals surface area contributed by atoms with Gasteiger partial charge in [0.05, 0.1) is 12.2 Å². The fraction of sp³-hybridized carbons (Fsp3) is 0.125. The average molecular weight is 173 g/mol. The van der Waals surface area contributed by atoms with Gasteiger partial charge in [0.1, 0.15) is 5.65 Å². The fourth-order valence-electron chi connectivity index (χ4n) is 1.17. The second-order valence-corrected chi connectivity index (χ2v) is 2.59. The quantitative estimate of drug-likeness (QED) is 0.389. The predicted octanol–water partition coefficient (Wildman–Crippen LogP) is 2.14. The van der Waals surface area contributed by atoms with Crippen molar-refractivity contribution < 1.29 is 0 Å². The van der Waals surface area contributed by atoms with Crippen LogP contribution in [-0.2, 0) is 6.54 Å². The summed E-state index contributed by atoms with van der Waals surface area (Å²) in [5, 5.41) is 3.44. The van der Waals surface area contributed by atoms with Crippen LogP contribution >= 0.6 is 0 Å². The number of azide groups is 1. The van der Waals surface area contributed by atoms with E-state index in [-0.39, 0.29) is 0 Å². The number of hydrogen-bond donors (Lipinski definition) is 0. The van der Waals surface area contributed by atoms with Gasteiger partial charge >= 0.3 is 0 Å². The minimum atomic E-state index is 0.304. The first kappa shape index (κ1) is 7.64. The summed E-state index contributed by atoms with van der Waals surface area (Å²) in [5.41, 5.74) is 9.77. The monoisotopic (exact) mass is 173 g/mol. The highest BCUT2D eigenvalue weighted by Crippen LogP contribution is 2.05. The molecule has 0 aliphatic heterocycles. The molecule has 2 heterocycles. The first-order valence-electron chi connectivity index (χ1n) is 3.83. The van der Waals surface area contributed by atoms with Gasteiger partial charge in [-0.1, -0.05) is 11.2 Å². The Morgan fingerprint density at radius 3 is 3.23 bits per heavy atom. The normalized spacial score (nSPS) is 9.85. The van der Waals surface area contributed by atoms with E-state index in [4.69, 9.17) is 5.53 Å². The van der Waals surface area contributed by atoms with Gasteiger partial charge < -0.3 is 4.40 Å². The molecule has 0 atom stereocenters. The molecule has 0 unspecified atom stereocenters. The molecule has 0 spiro atoms. The largest absolute Gasteiger partial charge is 0.307 e. The Hall–Kier alpha value is -2.00. The molecule has 0 aliphatic carbocycles. The Morgan fingerprint density at radius 1 is 1.54 bits per heavy atom. The Kier molecular flexibility index (Phi) is 1.86. The SMILES string of the molecule is [N-]=[N+]=NCc1cn2ccccc2n1. The van der Waals surface area contributed by atoms with Crippen LogP contribution in [0.15, 0.2) is 35.7 Å². The van der Waals surface area contributed by atoms with Gasteiger partial charge in [0.15, 0.2) is 0 Å². The van der Waals surface area contributed by atoms with E-state index in [0.717, 1.165) is 11.3 Å². The highest BCUT2D eigenvalue weighted by Gasteiger charge is 1.97. The predicted molar refractivity (Wildman–Crippen MR) is 48.0 cm³/mol. The lowest BCUT2D eigenvalue weighted by Gasteiger charge is -1.86. The molecule has 2 aromatic heterocycles. The molecule has 0 bridgehead atoms. The Bertz CT molecular complexity index is 433. The third-order valence-corrected chi connectivity index (χ3v) is 1.71. The van der Waals surface area contributed by atoms with Gasteiger partial charge in [-0.25, -0.2) is 4.98 Å². The van der Waals surface area contributed by atoms with Crippen molar-refractivity contribution in [3.63, 3.8) is 0 Å². The van der Waals surface area contributed by atoms with E-state index >= 15 is 0 Å². The summed E-state index contributed by atoms with van der Waals surface area (Å²) >= 11 is 0. The first-order valence-corrected chi connectivity index (χ1v) is 3.83. The first-order chi connectivity index (χ1) is 6.40. The van der Waals surface area contributed by atoms with E-state index in [9.17, 15) is 0 Å². The van der Waals surface area contributed by atoms with Gasteiger partial charge in [-0.05, 0) is 17.7 Å². The molecular weight excluding hydrogens is 166 g/mol. The number of rotatable bonds is 2. The van der Waals surface area contributed by atoms with E-state index in [0.29, 0.717) is 6.54 Å². The standard InChI is InChI=1S/C8H7N5/c9-12-10-5-7-6-13-4-2-1-3-8(13)11-7/h1-4,6H,5H2. The number of pyridine rings is 1. The van der Waals surface area contributed by atoms with Gasteiger partial charge in [0.2, 0.25) is 0 Å². The van der Waals surface area contributed by atoms with Crippen LogP contribution in [0.4, 0.5) is 0 Å². The zero-order chi connectivity index (χ0) is 9.10. The lowest BCUT2D eigenvalue weighted by molar-refractivity contribution is 0.998. The van der Waals surface area contributed by atoms with Crippen LogP contribution in [0.3, 0.4) is 0 Å². The van der Waals surface area contributed by atoms with Crippen molar-refractivity contribution in [2.75, 3.05) is 0 Å². The van der Waals surface area contributed by atoms with E-state index in [1.54, 1.807) is 0 Å². The van der Waals surface area contributed by atoms with E-state index < -0.39 is 0 Å². The lowest BCUT2D eigenvalue weighted by Crippen LogP contribution is -1.77. The molecule has 2 rings (SSSR count). The van der Waals surface area contributed by atoms with Crippen LogP contribution in [-0.4, -0.2) is 9.38 Å². The highest BCUT2D eigenvalue weighted by molar-refractivity contribution is 5.39. The summed E-state index contributed by atoms with van der Waals surface area (Å²) in [7, 11) is 0. The summed E-state index contributed by atoms with van der Waals surface area (Å²) in [6, 6.07) is 5.74. The maximum atomic E-state index is 8.13. The molecule has 5 nitrogen and oxygen atoms in total. The van der Waals surface area contributed by atoms with E-state index in [1.807, 2.05) is 35.0 Å². The van der Waals surface area contributed by atoms with Crippen LogP contribution < -0.4 is 0 Å². The van der Waals surface area contributed by atoms with Crippen molar-refractivity contribution in [2.45, 2.75) is 6.54 Å². The molecule has 0 aromatic carbocycles. The van der Waals surface area contributed by atoms with E-state index in [2.05, 4.69) is 15.0 Å². The number of imidazole rings is 1. The van der Waals surface area contributed by atoms with Gasteiger partial charge in [-0.2, -0.15) is 0 Å². The minimum absolute atomic E-state index is 0.304. The number of nitrogens with zero attached hydrogens (tertiary/aromatic N) is 5. The minimum Gasteiger partial charge on any atom is -0.307 e. The van der Waals surface area contributed by atoms with Crippen molar-refractivity contribution in [3.05, 3.63) is 46.7 Å². The average Bonchev–Trinajstić information content (AvgIpc) is 2.57. The van der Waals surface area contributed by atoms with Gasteiger partial charge in [-0.3, -0.25) is 0 Å². The molecule has 0 saturated heterocycles. The number of hydrogen-bond acceptors (Lipinski definition) is 2. The fourth-order valence-corrected chi connectivity index (χ4v) is 1.17. The molecule has 0 radical (unpaired) electrons. The molecule has 13 heavy (non-hydrogen) atoms. The number of fused-ring (bicyclic) bond motifs is 1. The molecule has 64 valence electrons. The molecule has 0 fully saturated rings. The summed E-state index contributed by atoms with van der Waals surface area (Å²) < 4.78 is 1.89. The molecule has 0 amide bonds. The molecule has 5 heteroatoms. The van der Waals surface area contributed by atoms with Gasteiger partial charge in [0, 0.05) is 17.3 Å². The Labute approximate surface area is 74.3 Å². The van der Waals surface area contributed by atoms with Crippen LogP contribution in [0.1, 0.15) is 5.69 Å². The zero-order valence-corrected chi connectivity index (χ0v) is 6.83. The third-order valence-electron chi connectivity index (χ3n) is 1.71. The molecule has 0 saturated carbocycles. The topological polar surface area (TPSA) is 66.1 Å². The lowest BCUT2D eigenvalue weighted by atomic mass is 10.5. The maximum absolute atomic E-state index is 8.13. The van der Waals surface area contributed by atoms with Crippen LogP contribution in [0.2, 0.25) is 0 Å². The van der Waals surface area contributed by atoms with Crippen molar-refractivity contribution in [2.24, 2.45) is 5.11 Å². The second kappa shape index (κ2) is 3.16. The summed E-state index contributed by atoms with van der Waals surface area (Å²) in [5.74, 6) is 0. The van der Waals surface area contributed by atoms with Crippen molar-refractivity contribution in [1.82, 2.24) is 9.38 Å². The number of aromatic nitrogens is 2. The van der Waals surface area contributed by atoms with Crippen LogP contribution in [0.5, 0.6) is 0 Å². The van der Waals surface area contributed by atoms with Gasteiger partial charge in [-0.15, -0.1) is 0 Å².